The molecule has 2 aromatic heterocycles. The number of hydrogen-bond acceptors (Lipinski definition) is 4. The molecule has 136 valence electrons. The van der Waals surface area contributed by atoms with Gasteiger partial charge in [0.15, 0.2) is 0 Å². The van der Waals surface area contributed by atoms with Crippen molar-refractivity contribution in [2.75, 3.05) is 13.1 Å². The first kappa shape index (κ1) is 16.7. The van der Waals surface area contributed by atoms with Crippen LogP contribution in [-0.2, 0) is 20.5 Å². The number of likely N-dealkylation sites (N-methyl/N-ethyl adjacent to an activating group) is 1. The third kappa shape index (κ3) is 2.17. The molecule has 0 amide bonds. The summed E-state index contributed by atoms with van der Waals surface area (Å²) in [6.45, 7) is 3.54. The molecule has 1 atom stereocenters. The molecule has 7 heteroatoms. The van der Waals surface area contributed by atoms with Gasteiger partial charge in [-0.25, -0.2) is 4.79 Å². The molecule has 2 N–H and O–H groups in total. The van der Waals surface area contributed by atoms with Crippen molar-refractivity contribution in [1.29, 1.82) is 0 Å². The minimum atomic E-state index is -0.535. The van der Waals surface area contributed by atoms with E-state index >= 15 is 0 Å². The summed E-state index contributed by atoms with van der Waals surface area (Å²) in [5.74, 6) is -0.270. The molecule has 0 saturated carbocycles. The van der Waals surface area contributed by atoms with Crippen LogP contribution in [0.4, 0.5) is 0 Å². The van der Waals surface area contributed by atoms with Gasteiger partial charge in [-0.3, -0.25) is 18.8 Å². The molecule has 3 aromatic rings. The molecular formula is C19H22N4O3. The zero-order valence-corrected chi connectivity index (χ0v) is 15.1. The molecule has 4 rings (SSSR count). The summed E-state index contributed by atoms with van der Waals surface area (Å²) in [6.07, 6.45) is 0.872. The highest BCUT2D eigenvalue weighted by atomic mass is 16.3. The Kier molecular flexibility index (Phi) is 3.77. The van der Waals surface area contributed by atoms with Crippen molar-refractivity contribution in [3.05, 3.63) is 61.9 Å². The fraction of sp³-hybridized carbons (Fsp3) is 0.368. The number of fused-ring (bicyclic) bond motifs is 3. The first-order valence-corrected chi connectivity index (χ1v) is 8.78. The fourth-order valence-corrected chi connectivity index (χ4v) is 4.06. The van der Waals surface area contributed by atoms with Crippen molar-refractivity contribution in [3.63, 3.8) is 0 Å². The van der Waals surface area contributed by atoms with Gasteiger partial charge < -0.3 is 10.1 Å². The number of H-pyrrole nitrogens is 1. The van der Waals surface area contributed by atoms with E-state index in [1.165, 1.54) is 19.7 Å². The Bertz CT molecular complexity index is 1120. The van der Waals surface area contributed by atoms with Gasteiger partial charge in [0.1, 0.15) is 5.56 Å². The lowest BCUT2D eigenvalue weighted by atomic mass is 9.93. The van der Waals surface area contributed by atoms with Crippen LogP contribution in [0.5, 0.6) is 5.88 Å². The predicted octanol–water partition coefficient (Wildman–Crippen LogP) is 1.24. The molecule has 0 unspecified atom stereocenters. The molecule has 7 nitrogen and oxygen atoms in total. The monoisotopic (exact) mass is 354 g/mol. The molecule has 3 heterocycles. The molecule has 1 aliphatic rings. The van der Waals surface area contributed by atoms with Gasteiger partial charge in [0.25, 0.3) is 5.56 Å². The summed E-state index contributed by atoms with van der Waals surface area (Å²) < 4.78 is 2.18. The van der Waals surface area contributed by atoms with Gasteiger partial charge in [0.2, 0.25) is 5.88 Å². The van der Waals surface area contributed by atoms with Gasteiger partial charge in [-0.05, 0) is 24.6 Å². The van der Waals surface area contributed by atoms with Gasteiger partial charge in [-0.1, -0.05) is 25.1 Å². The smallest absolute Gasteiger partial charge is 0.333 e. The summed E-state index contributed by atoms with van der Waals surface area (Å²) in [5, 5.41) is 11.8. The van der Waals surface area contributed by atoms with E-state index in [-0.39, 0.29) is 11.4 Å². The summed E-state index contributed by atoms with van der Waals surface area (Å²) in [5.41, 5.74) is 2.36. The number of rotatable bonds is 2. The third-order valence-corrected chi connectivity index (χ3v) is 5.48. The Morgan fingerprint density at radius 1 is 1.19 bits per heavy atom. The number of benzene rings is 1. The van der Waals surface area contributed by atoms with Crippen LogP contribution in [0.2, 0.25) is 0 Å². The second-order valence-electron chi connectivity index (χ2n) is 6.79. The van der Waals surface area contributed by atoms with E-state index in [9.17, 15) is 14.7 Å². The van der Waals surface area contributed by atoms with Gasteiger partial charge in [0, 0.05) is 37.2 Å². The van der Waals surface area contributed by atoms with Crippen molar-refractivity contribution >= 4 is 10.9 Å². The standard InChI is InChI=1S/C19H22N4O3/c1-4-23-10-9-12-11-7-5-6-8-13(11)20-15(12)16(23)14-17(24)21(2)19(26)22(3)18(14)25/h5-8,16,20,24H,4,9-10H2,1-3H3/t16-/m1/s1. The highest BCUT2D eigenvalue weighted by Gasteiger charge is 2.35. The molecule has 1 aromatic carbocycles. The Hall–Kier alpha value is -2.80. The van der Waals surface area contributed by atoms with E-state index in [1.807, 2.05) is 25.1 Å². The van der Waals surface area contributed by atoms with E-state index < -0.39 is 17.3 Å². The van der Waals surface area contributed by atoms with Crippen molar-refractivity contribution in [2.24, 2.45) is 14.1 Å². The first-order valence-electron chi connectivity index (χ1n) is 8.78. The first-order chi connectivity index (χ1) is 12.5. The van der Waals surface area contributed by atoms with Crippen molar-refractivity contribution in [2.45, 2.75) is 19.4 Å². The average Bonchev–Trinajstić information content (AvgIpc) is 3.04. The maximum Gasteiger partial charge on any atom is 0.333 e. The molecule has 26 heavy (non-hydrogen) atoms. The summed E-state index contributed by atoms with van der Waals surface area (Å²) in [7, 11) is 2.92. The van der Waals surface area contributed by atoms with Crippen LogP contribution in [0.3, 0.4) is 0 Å². The van der Waals surface area contributed by atoms with Crippen LogP contribution in [-0.4, -0.2) is 37.2 Å². The van der Waals surface area contributed by atoms with Crippen molar-refractivity contribution in [3.8, 4) is 5.88 Å². The molecule has 1 aliphatic heterocycles. The number of nitrogens with one attached hydrogen (secondary N) is 1. The lowest BCUT2D eigenvalue weighted by molar-refractivity contribution is 0.214. The maximum absolute atomic E-state index is 12.9. The van der Waals surface area contributed by atoms with Crippen LogP contribution in [0, 0.1) is 0 Å². The third-order valence-electron chi connectivity index (χ3n) is 5.48. The van der Waals surface area contributed by atoms with Crippen LogP contribution >= 0.6 is 0 Å². The lowest BCUT2D eigenvalue weighted by Gasteiger charge is -2.35. The summed E-state index contributed by atoms with van der Waals surface area (Å²) in [6, 6.07) is 7.64. The maximum atomic E-state index is 12.9. The van der Waals surface area contributed by atoms with Crippen LogP contribution in [0.1, 0.15) is 29.8 Å². The molecule has 0 spiro atoms. The van der Waals surface area contributed by atoms with Crippen LogP contribution in [0.15, 0.2) is 33.9 Å². The van der Waals surface area contributed by atoms with Crippen molar-refractivity contribution < 1.29 is 5.11 Å². The minimum Gasteiger partial charge on any atom is -0.494 e. The molecule has 0 aliphatic carbocycles. The average molecular weight is 354 g/mol. The summed E-state index contributed by atoms with van der Waals surface area (Å²) in [4.78, 5) is 30.6. The van der Waals surface area contributed by atoms with Gasteiger partial charge >= 0.3 is 5.69 Å². The Morgan fingerprint density at radius 2 is 1.92 bits per heavy atom. The lowest BCUT2D eigenvalue weighted by Crippen LogP contribution is -2.44. The van der Waals surface area contributed by atoms with Crippen molar-refractivity contribution in [1.82, 2.24) is 19.0 Å². The minimum absolute atomic E-state index is 0.240. The number of nitrogens with zero attached hydrogens (tertiary/aromatic N) is 3. The molecule has 0 fully saturated rings. The van der Waals surface area contributed by atoms with E-state index in [1.54, 1.807) is 0 Å². The van der Waals surface area contributed by atoms with Crippen LogP contribution < -0.4 is 11.2 Å². The highest BCUT2D eigenvalue weighted by Crippen LogP contribution is 2.39. The van der Waals surface area contributed by atoms with Gasteiger partial charge in [0.05, 0.1) is 6.04 Å². The number of aromatic nitrogens is 3. The molecule has 0 bridgehead atoms. The Morgan fingerprint density at radius 3 is 2.65 bits per heavy atom. The summed E-state index contributed by atoms with van der Waals surface area (Å²) >= 11 is 0. The quantitative estimate of drug-likeness (QED) is 0.725. The second-order valence-corrected chi connectivity index (χ2v) is 6.79. The number of aromatic hydroxyl groups is 1. The Balaban J connectivity index is 2.06. The molecular weight excluding hydrogens is 332 g/mol. The van der Waals surface area contributed by atoms with E-state index in [0.717, 1.165) is 45.2 Å². The van der Waals surface area contributed by atoms with Gasteiger partial charge in [-0.15, -0.1) is 0 Å². The molecule has 0 radical (unpaired) electrons. The molecule has 0 saturated heterocycles. The van der Waals surface area contributed by atoms with Gasteiger partial charge in [-0.2, -0.15) is 0 Å². The van der Waals surface area contributed by atoms with E-state index in [2.05, 4.69) is 16.0 Å². The fourth-order valence-electron chi connectivity index (χ4n) is 4.06. The van der Waals surface area contributed by atoms with E-state index in [0.29, 0.717) is 0 Å². The highest BCUT2D eigenvalue weighted by molar-refractivity contribution is 5.85. The number of aromatic amines is 1. The van der Waals surface area contributed by atoms with Crippen LogP contribution in [0.25, 0.3) is 10.9 Å². The second kappa shape index (κ2) is 5.88. The topological polar surface area (TPSA) is 83.3 Å². The van der Waals surface area contributed by atoms with E-state index in [4.69, 9.17) is 0 Å². The zero-order chi connectivity index (χ0) is 18.6. The normalized spacial score (nSPS) is 17.6. The zero-order valence-electron chi connectivity index (χ0n) is 15.1. The Labute approximate surface area is 150 Å². The largest absolute Gasteiger partial charge is 0.494 e. The number of para-hydroxylation sites is 1. The SMILES string of the molecule is CCN1CCc2c([nH]c3ccccc23)[C@H]1c1c(O)n(C)c(=O)n(C)c1=O. The predicted molar refractivity (Wildman–Crippen MR) is 99.7 cm³/mol. The number of hydrogen-bond donors (Lipinski definition) is 2.